The van der Waals surface area contributed by atoms with Gasteiger partial charge in [-0.2, -0.15) is 5.10 Å². The van der Waals surface area contributed by atoms with Gasteiger partial charge in [-0.25, -0.2) is 5.10 Å². The number of carbonyl (C=O) groups excluding carboxylic acids is 1. The zero-order valence-corrected chi connectivity index (χ0v) is 14.8. The first-order chi connectivity index (χ1) is 12.6. The van der Waals surface area contributed by atoms with Gasteiger partial charge in [0.1, 0.15) is 11.5 Å². The largest absolute Gasteiger partial charge is 0.497 e. The van der Waals surface area contributed by atoms with Gasteiger partial charge >= 0.3 is 0 Å². The average molecular weight is 358 g/mol. The van der Waals surface area contributed by atoms with Crippen molar-refractivity contribution in [2.45, 2.75) is 13.0 Å². The monoisotopic (exact) mass is 358 g/mol. The molecule has 0 bridgehead atoms. The van der Waals surface area contributed by atoms with Crippen molar-refractivity contribution in [1.29, 1.82) is 0 Å². The molecule has 0 spiro atoms. The summed E-state index contributed by atoms with van der Waals surface area (Å²) < 4.78 is 10.5. The van der Waals surface area contributed by atoms with Gasteiger partial charge in [0.05, 0.1) is 32.0 Å². The molecule has 1 aliphatic heterocycles. The fourth-order valence-corrected chi connectivity index (χ4v) is 3.05. The quantitative estimate of drug-likeness (QED) is 0.797. The average Bonchev–Trinajstić information content (AvgIpc) is 3.16. The van der Waals surface area contributed by atoms with E-state index in [0.29, 0.717) is 24.6 Å². The molecule has 1 aromatic carbocycles. The topological polar surface area (TPSA) is 96.5 Å². The molecule has 1 aromatic heterocycles. The summed E-state index contributed by atoms with van der Waals surface area (Å²) in [6, 6.07) is 7.02. The lowest BCUT2D eigenvalue weighted by Crippen LogP contribution is -2.32. The zero-order chi connectivity index (χ0) is 18.5. The highest BCUT2D eigenvalue weighted by Crippen LogP contribution is 2.24. The molecule has 2 heterocycles. The minimum Gasteiger partial charge on any atom is -0.497 e. The molecule has 1 saturated heterocycles. The van der Waals surface area contributed by atoms with E-state index in [4.69, 9.17) is 9.47 Å². The molecule has 8 heteroatoms. The molecule has 0 saturated carbocycles. The number of anilines is 1. The second kappa shape index (κ2) is 7.90. The third-order valence-electron chi connectivity index (χ3n) is 4.45. The Bertz CT molecular complexity index is 814. The highest BCUT2D eigenvalue weighted by molar-refractivity contribution is 5.80. The summed E-state index contributed by atoms with van der Waals surface area (Å²) in [5.41, 5.74) is 1.40. The van der Waals surface area contributed by atoms with Crippen molar-refractivity contribution >= 4 is 11.6 Å². The van der Waals surface area contributed by atoms with Crippen LogP contribution >= 0.6 is 0 Å². The third kappa shape index (κ3) is 4.14. The number of carbonyl (C=O) groups is 1. The lowest BCUT2D eigenvalue weighted by molar-refractivity contribution is -0.124. The van der Waals surface area contributed by atoms with Crippen LogP contribution in [0.4, 0.5) is 5.69 Å². The maximum absolute atomic E-state index is 12.5. The number of nitrogens with zero attached hydrogens (tertiary/aromatic N) is 2. The van der Waals surface area contributed by atoms with E-state index in [-0.39, 0.29) is 17.4 Å². The first-order valence-electron chi connectivity index (χ1n) is 8.38. The Hall–Kier alpha value is -3.03. The molecule has 2 aromatic rings. The number of nitrogens with one attached hydrogen (secondary N) is 2. The lowest BCUT2D eigenvalue weighted by Gasteiger charge is -2.17. The van der Waals surface area contributed by atoms with Crippen molar-refractivity contribution in [3.8, 4) is 11.5 Å². The van der Waals surface area contributed by atoms with E-state index in [1.807, 2.05) is 17.0 Å². The number of aromatic amines is 1. The van der Waals surface area contributed by atoms with Crippen LogP contribution in [0.2, 0.25) is 0 Å². The molecule has 1 amide bonds. The van der Waals surface area contributed by atoms with Crippen molar-refractivity contribution in [2.75, 3.05) is 32.2 Å². The van der Waals surface area contributed by atoms with Gasteiger partial charge in [0, 0.05) is 31.8 Å². The molecule has 0 aliphatic carbocycles. The minimum atomic E-state index is -0.248. The van der Waals surface area contributed by atoms with Crippen LogP contribution in [0.15, 0.2) is 35.3 Å². The van der Waals surface area contributed by atoms with Gasteiger partial charge in [-0.1, -0.05) is 0 Å². The van der Waals surface area contributed by atoms with Crippen LogP contribution in [0.25, 0.3) is 0 Å². The zero-order valence-electron chi connectivity index (χ0n) is 14.8. The van der Waals surface area contributed by atoms with E-state index in [2.05, 4.69) is 15.5 Å². The highest BCUT2D eigenvalue weighted by Gasteiger charge is 2.28. The Labute approximate surface area is 151 Å². The van der Waals surface area contributed by atoms with Gasteiger partial charge in [-0.3, -0.25) is 9.59 Å². The van der Waals surface area contributed by atoms with Crippen LogP contribution in [-0.2, 0) is 11.3 Å². The van der Waals surface area contributed by atoms with Crippen molar-refractivity contribution < 1.29 is 14.3 Å². The molecule has 2 N–H and O–H groups in total. The minimum absolute atomic E-state index is 0.00733. The number of methoxy groups -OCH3 is 2. The van der Waals surface area contributed by atoms with Crippen molar-refractivity contribution in [3.63, 3.8) is 0 Å². The molecule has 1 aliphatic rings. The van der Waals surface area contributed by atoms with Crippen LogP contribution in [0.1, 0.15) is 12.0 Å². The second-order valence-corrected chi connectivity index (χ2v) is 6.17. The van der Waals surface area contributed by atoms with E-state index in [0.717, 1.165) is 24.2 Å². The Kier molecular flexibility index (Phi) is 5.40. The number of benzene rings is 1. The van der Waals surface area contributed by atoms with Crippen LogP contribution < -0.4 is 25.2 Å². The fourth-order valence-electron chi connectivity index (χ4n) is 3.05. The second-order valence-electron chi connectivity index (χ2n) is 6.17. The van der Waals surface area contributed by atoms with Crippen molar-refractivity contribution in [1.82, 2.24) is 15.5 Å². The molecular weight excluding hydrogens is 336 g/mol. The Morgan fingerprint density at radius 1 is 1.27 bits per heavy atom. The van der Waals surface area contributed by atoms with Crippen molar-refractivity contribution in [3.05, 3.63) is 46.4 Å². The van der Waals surface area contributed by atoms with Gasteiger partial charge in [0.2, 0.25) is 5.91 Å². The lowest BCUT2D eigenvalue weighted by atomic mass is 10.1. The van der Waals surface area contributed by atoms with Gasteiger partial charge in [-0.05, 0) is 24.1 Å². The predicted octanol–water partition coefficient (Wildman–Crippen LogP) is 0.930. The number of aromatic nitrogens is 2. The molecule has 8 nitrogen and oxygen atoms in total. The fraction of sp³-hybridized carbons (Fsp3) is 0.389. The summed E-state index contributed by atoms with van der Waals surface area (Å²) >= 11 is 0. The molecule has 3 rings (SSSR count). The van der Waals surface area contributed by atoms with Gasteiger partial charge in [0.15, 0.2) is 0 Å². The molecule has 1 fully saturated rings. The van der Waals surface area contributed by atoms with Crippen LogP contribution in [-0.4, -0.2) is 43.4 Å². The maximum Gasteiger partial charge on any atom is 0.266 e. The first kappa shape index (κ1) is 17.8. The predicted molar refractivity (Wildman–Crippen MR) is 96.6 cm³/mol. The van der Waals surface area contributed by atoms with Gasteiger partial charge in [0.25, 0.3) is 5.56 Å². The summed E-state index contributed by atoms with van der Waals surface area (Å²) in [5.74, 6) is 1.23. The van der Waals surface area contributed by atoms with Gasteiger partial charge in [-0.15, -0.1) is 0 Å². The molecule has 26 heavy (non-hydrogen) atoms. The standard InChI is InChI=1S/C18H22N4O4/c1-25-15-5-12(6-16(8-15)26-2)9-19-18(24)13-3-4-22(11-13)14-7-17(23)21-20-10-14/h5-8,10,13H,3-4,9,11H2,1-2H3,(H,19,24)(H,21,23). The number of hydrogen-bond acceptors (Lipinski definition) is 6. The third-order valence-corrected chi connectivity index (χ3v) is 4.45. The van der Waals surface area contributed by atoms with E-state index in [9.17, 15) is 9.59 Å². The van der Waals surface area contributed by atoms with E-state index in [1.165, 1.54) is 6.07 Å². The summed E-state index contributed by atoms with van der Waals surface area (Å²) in [7, 11) is 3.18. The van der Waals surface area contributed by atoms with E-state index < -0.39 is 0 Å². The molecule has 0 radical (unpaired) electrons. The molecule has 1 unspecified atom stereocenters. The number of amides is 1. The molecular formula is C18H22N4O4. The Morgan fingerprint density at radius 3 is 2.65 bits per heavy atom. The number of hydrogen-bond donors (Lipinski definition) is 2. The normalized spacial score (nSPS) is 16.4. The Balaban J connectivity index is 1.58. The number of H-pyrrole nitrogens is 1. The van der Waals surface area contributed by atoms with Crippen LogP contribution in [0.5, 0.6) is 11.5 Å². The smallest absolute Gasteiger partial charge is 0.266 e. The summed E-state index contributed by atoms with van der Waals surface area (Å²) in [4.78, 5) is 25.9. The van der Waals surface area contributed by atoms with Crippen molar-refractivity contribution in [2.24, 2.45) is 5.92 Å². The molecule has 1 atom stereocenters. The van der Waals surface area contributed by atoms with Crippen LogP contribution in [0, 0.1) is 5.92 Å². The number of rotatable bonds is 6. The summed E-state index contributed by atoms with van der Waals surface area (Å²) in [5, 5.41) is 9.12. The van der Waals surface area contributed by atoms with Gasteiger partial charge < -0.3 is 19.7 Å². The number of ether oxygens (including phenoxy) is 2. The van der Waals surface area contributed by atoms with Crippen LogP contribution in [0.3, 0.4) is 0 Å². The summed E-state index contributed by atoms with van der Waals surface area (Å²) in [6.45, 7) is 1.68. The first-order valence-corrected chi connectivity index (χ1v) is 8.38. The maximum atomic E-state index is 12.5. The molecule has 138 valence electrons. The SMILES string of the molecule is COc1cc(CNC(=O)C2CCN(c3cn[nH]c(=O)c3)C2)cc(OC)c1. The van der Waals surface area contributed by atoms with E-state index >= 15 is 0 Å². The Morgan fingerprint density at radius 2 is 2.00 bits per heavy atom. The van der Waals surface area contributed by atoms with E-state index in [1.54, 1.807) is 26.5 Å². The highest BCUT2D eigenvalue weighted by atomic mass is 16.5. The summed E-state index contributed by atoms with van der Waals surface area (Å²) in [6.07, 6.45) is 2.34.